The number of rotatable bonds is 1. The molecule has 0 saturated heterocycles. The number of hydrogen-bond acceptors (Lipinski definition) is 5. The van der Waals surface area contributed by atoms with E-state index >= 15 is 0 Å². The second kappa shape index (κ2) is 4.09. The van der Waals surface area contributed by atoms with Gasteiger partial charge in [-0.05, 0) is 0 Å². The zero-order valence-electron chi connectivity index (χ0n) is 7.82. The molecule has 3 aromatic rings. The molecular formula is C9H5N3S3Se. The van der Waals surface area contributed by atoms with Crippen molar-refractivity contribution < 1.29 is 0 Å². The monoisotopic (exact) mass is 331 g/mol. The quantitative estimate of drug-likeness (QED) is 0.423. The molecule has 0 amide bonds. The van der Waals surface area contributed by atoms with Crippen LogP contribution in [0.2, 0.25) is 0 Å². The topological polar surface area (TPSA) is 30.7 Å². The van der Waals surface area contributed by atoms with Gasteiger partial charge in [0, 0.05) is 0 Å². The Labute approximate surface area is 112 Å². The molecule has 3 nitrogen and oxygen atoms in total. The molecule has 0 aliphatic carbocycles. The molecule has 7 heteroatoms. The third-order valence-corrected chi connectivity index (χ3v) is 6.36. The molecule has 1 aromatic carbocycles. The van der Waals surface area contributed by atoms with E-state index in [1.54, 1.807) is 0 Å². The van der Waals surface area contributed by atoms with Crippen molar-refractivity contribution in [2.24, 2.45) is 0 Å². The Morgan fingerprint density at radius 2 is 2.12 bits per heavy atom. The van der Waals surface area contributed by atoms with Crippen molar-refractivity contribution in [3.63, 3.8) is 0 Å². The van der Waals surface area contributed by atoms with Gasteiger partial charge in [0.25, 0.3) is 0 Å². The van der Waals surface area contributed by atoms with E-state index in [0.29, 0.717) is 4.34 Å². The van der Waals surface area contributed by atoms with Gasteiger partial charge in [-0.1, -0.05) is 0 Å². The van der Waals surface area contributed by atoms with Crippen LogP contribution < -0.4 is 0 Å². The summed E-state index contributed by atoms with van der Waals surface area (Å²) in [5.41, 5.74) is 0. The number of hydrogen-bond donors (Lipinski definition) is 1. The second-order valence-electron chi connectivity index (χ2n) is 3.05. The van der Waals surface area contributed by atoms with Crippen molar-refractivity contribution >= 4 is 60.6 Å². The molecule has 0 bridgehead atoms. The number of aromatic nitrogens is 3. The summed E-state index contributed by atoms with van der Waals surface area (Å²) in [6, 6.07) is 8.22. The summed E-state index contributed by atoms with van der Waals surface area (Å²) >= 11 is 11.2. The maximum absolute atomic E-state index is 5.44. The Morgan fingerprint density at radius 1 is 1.31 bits per heavy atom. The van der Waals surface area contributed by atoms with E-state index in [0.717, 1.165) is 15.2 Å². The fourth-order valence-corrected chi connectivity index (χ4v) is 5.15. The van der Waals surface area contributed by atoms with Gasteiger partial charge in [-0.25, -0.2) is 0 Å². The van der Waals surface area contributed by atoms with Crippen molar-refractivity contribution in [2.75, 3.05) is 0 Å². The molecule has 0 atom stereocenters. The van der Waals surface area contributed by atoms with Crippen LogP contribution >= 0.6 is 36.2 Å². The zero-order valence-corrected chi connectivity index (χ0v) is 12.1. The molecule has 0 N–H and O–H groups in total. The molecular weight excluding hydrogens is 325 g/mol. The van der Waals surface area contributed by atoms with Gasteiger partial charge >= 0.3 is 113 Å². The van der Waals surface area contributed by atoms with Gasteiger partial charge in [0.2, 0.25) is 0 Å². The van der Waals surface area contributed by atoms with Crippen LogP contribution in [0.3, 0.4) is 0 Å². The van der Waals surface area contributed by atoms with Gasteiger partial charge in [0.05, 0.1) is 0 Å². The van der Waals surface area contributed by atoms with E-state index < -0.39 is 0 Å². The van der Waals surface area contributed by atoms with Crippen LogP contribution in [0.25, 0.3) is 14.8 Å². The van der Waals surface area contributed by atoms with Crippen molar-refractivity contribution in [1.82, 2.24) is 13.8 Å². The number of nitrogens with zero attached hydrogens (tertiary/aromatic N) is 3. The zero-order chi connectivity index (χ0) is 11.1. The molecule has 0 saturated carbocycles. The van der Waals surface area contributed by atoms with Crippen LogP contribution in [-0.4, -0.2) is 28.5 Å². The van der Waals surface area contributed by atoms with Crippen LogP contribution in [0.4, 0.5) is 0 Å². The minimum absolute atomic E-state index is 0.174. The molecule has 0 unspecified atom stereocenters. The maximum atomic E-state index is 5.44. The molecule has 3 rings (SSSR count). The number of thiol groups is 1. The predicted molar refractivity (Wildman–Crippen MR) is 71.8 cm³/mol. The van der Waals surface area contributed by atoms with E-state index in [1.807, 2.05) is 12.1 Å². The van der Waals surface area contributed by atoms with Gasteiger partial charge in [-0.15, -0.1) is 0 Å². The third-order valence-electron chi connectivity index (χ3n) is 2.07. The van der Waals surface area contributed by atoms with E-state index in [4.69, 9.17) is 12.2 Å². The van der Waals surface area contributed by atoms with Gasteiger partial charge in [0.15, 0.2) is 0 Å². The predicted octanol–water partition coefficient (Wildman–Crippen LogP) is 2.56. The SMILES string of the molecule is S=c1c2ccccc2[se]n1-c1nnc(S)s1. The van der Waals surface area contributed by atoms with Gasteiger partial charge < -0.3 is 0 Å². The molecule has 0 aliphatic rings. The summed E-state index contributed by atoms with van der Waals surface area (Å²) in [6.45, 7) is 0. The Kier molecular flexibility index (Phi) is 2.73. The van der Waals surface area contributed by atoms with Crippen molar-refractivity contribution in [1.29, 1.82) is 0 Å². The van der Waals surface area contributed by atoms with E-state index in [-0.39, 0.29) is 14.7 Å². The minimum atomic E-state index is 0.174. The van der Waals surface area contributed by atoms with Crippen molar-refractivity contribution in [3.8, 4) is 5.13 Å². The third kappa shape index (κ3) is 1.69. The van der Waals surface area contributed by atoms with Crippen LogP contribution in [-0.2, 0) is 0 Å². The molecule has 16 heavy (non-hydrogen) atoms. The Morgan fingerprint density at radius 3 is 2.81 bits per heavy atom. The average Bonchev–Trinajstić information content (AvgIpc) is 2.84. The van der Waals surface area contributed by atoms with Gasteiger partial charge in [-0.2, -0.15) is 0 Å². The molecule has 0 spiro atoms. The van der Waals surface area contributed by atoms with Crippen LogP contribution in [0.5, 0.6) is 0 Å². The van der Waals surface area contributed by atoms with Crippen molar-refractivity contribution in [2.45, 2.75) is 4.34 Å². The normalized spacial score (nSPS) is 11.1. The summed E-state index contributed by atoms with van der Waals surface area (Å²) in [5, 5.41) is 9.96. The van der Waals surface area contributed by atoms with E-state index in [1.165, 1.54) is 15.6 Å². The number of fused-ring (bicyclic) bond motifs is 1. The first-order valence-electron chi connectivity index (χ1n) is 4.39. The number of benzene rings is 1. The average molecular weight is 330 g/mol. The van der Waals surface area contributed by atoms with Crippen molar-refractivity contribution in [3.05, 3.63) is 28.9 Å². The Bertz CT molecular complexity index is 712. The standard InChI is InChI=1S/C9H5N3S3Se/c13-7-5-3-1-2-4-6(5)16-12(7)8-10-11-9(14)15-8/h1-4H,(H,11,14). The summed E-state index contributed by atoms with van der Waals surface area (Å²) in [5.74, 6) is 0. The molecule has 0 fully saturated rings. The first-order valence-corrected chi connectivity index (χ1v) is 7.69. The van der Waals surface area contributed by atoms with E-state index in [2.05, 4.69) is 38.5 Å². The first-order chi connectivity index (χ1) is 7.75. The summed E-state index contributed by atoms with van der Waals surface area (Å²) in [6.07, 6.45) is 0. The molecule has 0 aliphatic heterocycles. The summed E-state index contributed by atoms with van der Waals surface area (Å²) in [4.78, 5) is 0. The van der Waals surface area contributed by atoms with E-state index in [9.17, 15) is 0 Å². The molecule has 2 heterocycles. The second-order valence-corrected chi connectivity index (χ2v) is 7.19. The molecule has 80 valence electrons. The van der Waals surface area contributed by atoms with Gasteiger partial charge in [0.1, 0.15) is 0 Å². The Balaban J connectivity index is 2.33. The summed E-state index contributed by atoms with van der Waals surface area (Å²) in [7, 11) is 0. The van der Waals surface area contributed by atoms with Crippen LogP contribution in [0, 0.1) is 4.64 Å². The van der Waals surface area contributed by atoms with Crippen LogP contribution in [0.1, 0.15) is 0 Å². The van der Waals surface area contributed by atoms with Crippen LogP contribution in [0.15, 0.2) is 28.6 Å². The van der Waals surface area contributed by atoms with Gasteiger partial charge in [-0.3, -0.25) is 0 Å². The fraction of sp³-hybridized carbons (Fsp3) is 0. The fourth-order valence-electron chi connectivity index (χ4n) is 1.39. The first kappa shape index (κ1) is 10.7. The molecule has 0 radical (unpaired) electrons. The summed E-state index contributed by atoms with van der Waals surface area (Å²) < 4.78 is 4.88. The Hall–Kier alpha value is -0.461. The molecule has 2 aromatic heterocycles.